The van der Waals surface area contributed by atoms with Crippen molar-refractivity contribution in [2.45, 2.75) is 40.0 Å². The first-order chi connectivity index (χ1) is 13.4. The average Bonchev–Trinajstić information content (AvgIpc) is 2.68. The highest BCUT2D eigenvalue weighted by Gasteiger charge is 2.25. The molecule has 0 spiro atoms. The molecule has 0 aromatic heterocycles. The minimum atomic E-state index is -0.392. The highest BCUT2D eigenvalue weighted by atomic mass is 16.6. The zero-order valence-corrected chi connectivity index (χ0v) is 16.7. The number of piperidine rings is 1. The van der Waals surface area contributed by atoms with E-state index in [2.05, 4.69) is 17.1 Å². The number of hydrogen-bond donors (Lipinski definition) is 1. The second kappa shape index (κ2) is 8.42. The Bertz CT molecular complexity index is 895. The Labute approximate surface area is 165 Å². The lowest BCUT2D eigenvalue weighted by Crippen LogP contribution is -2.34. The predicted molar refractivity (Wildman–Crippen MR) is 112 cm³/mol. The smallest absolute Gasteiger partial charge is 0.293 e. The van der Waals surface area contributed by atoms with Crippen molar-refractivity contribution in [3.05, 3.63) is 63.2 Å². The molecule has 0 aliphatic carbocycles. The van der Waals surface area contributed by atoms with Crippen LogP contribution in [0.1, 0.15) is 48.2 Å². The van der Waals surface area contributed by atoms with Gasteiger partial charge in [-0.05, 0) is 55.4 Å². The molecule has 1 N–H and O–H groups in total. The number of rotatable bonds is 5. The van der Waals surface area contributed by atoms with Crippen LogP contribution in [-0.2, 0) is 6.42 Å². The normalized spacial score (nSPS) is 16.7. The van der Waals surface area contributed by atoms with Crippen molar-refractivity contribution in [2.75, 3.05) is 23.3 Å². The zero-order valence-electron chi connectivity index (χ0n) is 16.7. The Morgan fingerprint density at radius 2 is 2.11 bits per heavy atom. The van der Waals surface area contributed by atoms with E-state index < -0.39 is 4.92 Å². The van der Waals surface area contributed by atoms with Gasteiger partial charge in [-0.2, -0.15) is 0 Å². The Morgan fingerprint density at radius 3 is 2.79 bits per heavy atom. The SMILES string of the molecule is CCc1cccc(C)c1NC(=O)c1ccc(N2CCCC(C)C2)c([N+](=O)[O-])c1. The zero-order chi connectivity index (χ0) is 20.3. The van der Waals surface area contributed by atoms with E-state index in [1.165, 1.54) is 6.07 Å². The Kier molecular flexibility index (Phi) is 5.97. The lowest BCUT2D eigenvalue weighted by molar-refractivity contribution is -0.384. The molecule has 1 amide bonds. The molecule has 3 rings (SSSR count). The Hall–Kier alpha value is -2.89. The summed E-state index contributed by atoms with van der Waals surface area (Å²) in [5.74, 6) is 0.176. The molecule has 1 atom stereocenters. The summed E-state index contributed by atoms with van der Waals surface area (Å²) in [6.07, 6.45) is 2.96. The molecule has 0 radical (unpaired) electrons. The van der Waals surface area contributed by atoms with Crippen molar-refractivity contribution >= 4 is 23.0 Å². The summed E-state index contributed by atoms with van der Waals surface area (Å²) in [4.78, 5) is 26.2. The number of nitrogens with zero attached hydrogens (tertiary/aromatic N) is 2. The molecule has 0 saturated carbocycles. The summed E-state index contributed by atoms with van der Waals surface area (Å²) in [7, 11) is 0. The van der Waals surface area contributed by atoms with Crippen LogP contribution in [0, 0.1) is 23.0 Å². The number of nitro groups is 1. The van der Waals surface area contributed by atoms with E-state index in [0.717, 1.165) is 49.2 Å². The van der Waals surface area contributed by atoms with Crippen LogP contribution < -0.4 is 10.2 Å². The van der Waals surface area contributed by atoms with Gasteiger partial charge in [-0.1, -0.05) is 32.0 Å². The molecule has 148 valence electrons. The second-order valence-corrected chi connectivity index (χ2v) is 7.57. The molecule has 2 aromatic rings. The average molecular weight is 381 g/mol. The predicted octanol–water partition coefficient (Wildman–Crippen LogP) is 4.95. The summed E-state index contributed by atoms with van der Waals surface area (Å²) in [6, 6.07) is 10.7. The van der Waals surface area contributed by atoms with E-state index >= 15 is 0 Å². The monoisotopic (exact) mass is 381 g/mol. The fraction of sp³-hybridized carbons (Fsp3) is 0.409. The minimum Gasteiger partial charge on any atom is -0.366 e. The van der Waals surface area contributed by atoms with Crippen molar-refractivity contribution in [2.24, 2.45) is 5.92 Å². The molecule has 28 heavy (non-hydrogen) atoms. The highest BCUT2D eigenvalue weighted by molar-refractivity contribution is 6.06. The maximum absolute atomic E-state index is 12.8. The topological polar surface area (TPSA) is 75.5 Å². The standard InChI is InChI=1S/C22H27N3O3/c1-4-17-9-5-8-16(3)21(17)23-22(26)18-10-11-19(20(13-18)25(27)28)24-12-6-7-15(2)14-24/h5,8-11,13,15H,4,6-7,12,14H2,1-3H3,(H,23,26). The number of benzene rings is 2. The van der Waals surface area contributed by atoms with E-state index in [9.17, 15) is 14.9 Å². The van der Waals surface area contributed by atoms with Crippen LogP contribution in [0.15, 0.2) is 36.4 Å². The van der Waals surface area contributed by atoms with Crippen molar-refractivity contribution in [1.82, 2.24) is 0 Å². The number of carbonyl (C=O) groups excluding carboxylic acids is 1. The van der Waals surface area contributed by atoms with Gasteiger partial charge in [0.15, 0.2) is 0 Å². The molecule has 1 aliphatic rings. The second-order valence-electron chi connectivity index (χ2n) is 7.57. The van der Waals surface area contributed by atoms with Gasteiger partial charge in [-0.25, -0.2) is 0 Å². The largest absolute Gasteiger partial charge is 0.366 e. The van der Waals surface area contributed by atoms with E-state index in [0.29, 0.717) is 17.2 Å². The quantitative estimate of drug-likeness (QED) is 0.587. The minimum absolute atomic E-state index is 0.0118. The van der Waals surface area contributed by atoms with Crippen LogP contribution in [0.2, 0.25) is 0 Å². The van der Waals surface area contributed by atoms with E-state index in [1.807, 2.05) is 32.0 Å². The number of aryl methyl sites for hydroxylation is 2. The van der Waals surface area contributed by atoms with Gasteiger partial charge in [0.2, 0.25) is 0 Å². The molecule has 1 unspecified atom stereocenters. The van der Waals surface area contributed by atoms with Crippen LogP contribution in [0.3, 0.4) is 0 Å². The van der Waals surface area contributed by atoms with Gasteiger partial charge in [-0.3, -0.25) is 14.9 Å². The number of carbonyl (C=O) groups is 1. The van der Waals surface area contributed by atoms with Crippen LogP contribution in [0.25, 0.3) is 0 Å². The molecule has 2 aromatic carbocycles. The number of amides is 1. The van der Waals surface area contributed by atoms with E-state index in [4.69, 9.17) is 0 Å². The van der Waals surface area contributed by atoms with Crippen molar-refractivity contribution < 1.29 is 9.72 Å². The van der Waals surface area contributed by atoms with Gasteiger partial charge in [0.05, 0.1) is 4.92 Å². The summed E-state index contributed by atoms with van der Waals surface area (Å²) in [6.45, 7) is 7.74. The molecule has 1 aliphatic heterocycles. The molecule has 6 nitrogen and oxygen atoms in total. The Morgan fingerprint density at radius 1 is 1.32 bits per heavy atom. The maximum Gasteiger partial charge on any atom is 0.293 e. The Balaban J connectivity index is 1.90. The number of nitrogens with one attached hydrogen (secondary N) is 1. The third-order valence-electron chi connectivity index (χ3n) is 5.41. The van der Waals surface area contributed by atoms with Crippen LogP contribution in [0.5, 0.6) is 0 Å². The van der Waals surface area contributed by atoms with E-state index in [1.54, 1.807) is 12.1 Å². The highest BCUT2D eigenvalue weighted by Crippen LogP contribution is 2.33. The molecule has 1 heterocycles. The number of anilines is 2. The summed E-state index contributed by atoms with van der Waals surface area (Å²) in [5.41, 5.74) is 3.68. The fourth-order valence-electron chi connectivity index (χ4n) is 3.87. The first-order valence-electron chi connectivity index (χ1n) is 9.84. The van der Waals surface area contributed by atoms with Gasteiger partial charge < -0.3 is 10.2 Å². The number of para-hydroxylation sites is 1. The fourth-order valence-corrected chi connectivity index (χ4v) is 3.87. The molecular formula is C22H27N3O3. The number of nitro benzene ring substituents is 1. The van der Waals surface area contributed by atoms with Gasteiger partial charge in [0.25, 0.3) is 11.6 Å². The third kappa shape index (κ3) is 4.16. The van der Waals surface area contributed by atoms with Gasteiger partial charge in [0, 0.05) is 30.4 Å². The summed E-state index contributed by atoms with van der Waals surface area (Å²) in [5, 5.41) is 14.6. The molecule has 0 bridgehead atoms. The molecule has 1 fully saturated rings. The van der Waals surface area contributed by atoms with Gasteiger partial charge >= 0.3 is 0 Å². The van der Waals surface area contributed by atoms with Crippen LogP contribution in [0.4, 0.5) is 17.1 Å². The van der Waals surface area contributed by atoms with Crippen molar-refractivity contribution in [1.29, 1.82) is 0 Å². The van der Waals surface area contributed by atoms with Crippen LogP contribution >= 0.6 is 0 Å². The lowest BCUT2D eigenvalue weighted by Gasteiger charge is -2.32. The van der Waals surface area contributed by atoms with Gasteiger partial charge in [-0.15, -0.1) is 0 Å². The number of hydrogen-bond acceptors (Lipinski definition) is 4. The molecule has 1 saturated heterocycles. The first kappa shape index (κ1) is 19.9. The molecular weight excluding hydrogens is 354 g/mol. The van der Waals surface area contributed by atoms with Gasteiger partial charge in [0.1, 0.15) is 5.69 Å². The van der Waals surface area contributed by atoms with Crippen molar-refractivity contribution in [3.63, 3.8) is 0 Å². The summed E-state index contributed by atoms with van der Waals surface area (Å²) < 4.78 is 0. The van der Waals surface area contributed by atoms with Crippen LogP contribution in [-0.4, -0.2) is 23.9 Å². The van der Waals surface area contributed by atoms with E-state index in [-0.39, 0.29) is 11.6 Å². The first-order valence-corrected chi connectivity index (χ1v) is 9.84. The summed E-state index contributed by atoms with van der Waals surface area (Å²) >= 11 is 0. The lowest BCUT2D eigenvalue weighted by atomic mass is 9.99. The third-order valence-corrected chi connectivity index (χ3v) is 5.41. The van der Waals surface area contributed by atoms with Crippen molar-refractivity contribution in [3.8, 4) is 0 Å². The maximum atomic E-state index is 12.8. The molecule has 6 heteroatoms.